The number of rotatable bonds is 2. The summed E-state index contributed by atoms with van der Waals surface area (Å²) in [4.78, 5) is 9.18. The molecule has 2 aliphatic rings. The molecule has 0 saturated carbocycles. The van der Waals surface area contributed by atoms with Gasteiger partial charge in [0.25, 0.3) is 0 Å². The number of piperidine rings is 1. The number of dihydropyridines is 1. The second-order valence-corrected chi connectivity index (χ2v) is 6.05. The molecule has 3 heterocycles. The normalized spacial score (nSPS) is 29.8. The first-order valence-corrected chi connectivity index (χ1v) is 7.72. The fourth-order valence-corrected chi connectivity index (χ4v) is 3.34. The first kappa shape index (κ1) is 14.4. The molecule has 2 aliphatic heterocycles. The minimum atomic E-state index is -0.305. The largest absolute Gasteiger partial charge is 0.393 e. The predicted molar refractivity (Wildman–Crippen MR) is 84.6 cm³/mol. The summed E-state index contributed by atoms with van der Waals surface area (Å²) >= 11 is 0. The van der Waals surface area contributed by atoms with Gasteiger partial charge >= 0.3 is 0 Å². The van der Waals surface area contributed by atoms with Crippen LogP contribution < -0.4 is 5.32 Å². The monoisotopic (exact) mass is 285 g/mol. The van der Waals surface area contributed by atoms with Gasteiger partial charge < -0.3 is 10.4 Å². The van der Waals surface area contributed by atoms with Crippen molar-refractivity contribution in [1.82, 2.24) is 10.3 Å². The highest BCUT2D eigenvalue weighted by Gasteiger charge is 2.32. The number of aryl methyl sites for hydroxylation is 1. The van der Waals surface area contributed by atoms with Crippen LogP contribution in [0.1, 0.15) is 43.5 Å². The lowest BCUT2D eigenvalue weighted by Crippen LogP contribution is -2.48. The zero-order chi connectivity index (χ0) is 14.8. The fourth-order valence-electron chi connectivity index (χ4n) is 3.34. The summed E-state index contributed by atoms with van der Waals surface area (Å²) in [6.07, 6.45) is 6.22. The van der Waals surface area contributed by atoms with Crippen LogP contribution in [0.5, 0.6) is 0 Å². The Labute approximate surface area is 126 Å². The van der Waals surface area contributed by atoms with E-state index in [-0.39, 0.29) is 18.2 Å². The summed E-state index contributed by atoms with van der Waals surface area (Å²) in [5.74, 6) is 0. The van der Waals surface area contributed by atoms with E-state index in [9.17, 15) is 5.11 Å². The molecule has 0 aromatic carbocycles. The molecule has 3 rings (SSSR count). The number of hydrogen-bond acceptors (Lipinski definition) is 4. The van der Waals surface area contributed by atoms with Crippen LogP contribution >= 0.6 is 0 Å². The standard InChI is InChI=1S/C17H23N3O/c1-11-5-3-7-18-16(11)14-9-13(21)10-15(20-14)17-12(2)6-4-8-19-17/h3,5-7,13-15,20-21H,4,8-10H2,1-2H3/t13-,14-,15+/m0/s1. The van der Waals surface area contributed by atoms with Crippen LogP contribution in [0.2, 0.25) is 0 Å². The van der Waals surface area contributed by atoms with Gasteiger partial charge in [0, 0.05) is 12.7 Å². The third kappa shape index (κ3) is 3.06. The Bertz CT molecular complexity index is 579. The van der Waals surface area contributed by atoms with Crippen LogP contribution in [-0.4, -0.2) is 34.5 Å². The van der Waals surface area contributed by atoms with E-state index in [0.29, 0.717) is 6.42 Å². The van der Waals surface area contributed by atoms with E-state index >= 15 is 0 Å². The van der Waals surface area contributed by atoms with Gasteiger partial charge in [0.2, 0.25) is 0 Å². The Morgan fingerprint density at radius 1 is 1.24 bits per heavy atom. The van der Waals surface area contributed by atoms with Crippen LogP contribution in [0, 0.1) is 6.92 Å². The third-order valence-electron chi connectivity index (χ3n) is 4.39. The summed E-state index contributed by atoms with van der Waals surface area (Å²) in [7, 11) is 0. The number of hydrogen-bond donors (Lipinski definition) is 2. The van der Waals surface area contributed by atoms with Crippen LogP contribution in [0.15, 0.2) is 35.0 Å². The molecule has 3 atom stereocenters. The van der Waals surface area contributed by atoms with Crippen molar-refractivity contribution in [2.24, 2.45) is 4.99 Å². The average Bonchev–Trinajstić information content (AvgIpc) is 2.47. The molecule has 1 aromatic rings. The molecule has 21 heavy (non-hydrogen) atoms. The molecule has 0 unspecified atom stereocenters. The van der Waals surface area contributed by atoms with Crippen LogP contribution in [-0.2, 0) is 0 Å². The van der Waals surface area contributed by atoms with Crippen LogP contribution in [0.25, 0.3) is 0 Å². The van der Waals surface area contributed by atoms with Gasteiger partial charge in [-0.3, -0.25) is 9.98 Å². The van der Waals surface area contributed by atoms with Crippen LogP contribution in [0.4, 0.5) is 0 Å². The molecule has 0 radical (unpaired) electrons. The van der Waals surface area contributed by atoms with Crippen LogP contribution in [0.3, 0.4) is 0 Å². The first-order valence-electron chi connectivity index (χ1n) is 7.72. The summed E-state index contributed by atoms with van der Waals surface area (Å²) in [5, 5.41) is 13.9. The predicted octanol–water partition coefficient (Wildman–Crippen LogP) is 2.34. The molecule has 112 valence electrons. The van der Waals surface area contributed by atoms with E-state index in [1.807, 2.05) is 12.3 Å². The number of pyridine rings is 1. The maximum absolute atomic E-state index is 10.3. The highest BCUT2D eigenvalue weighted by Crippen LogP contribution is 2.28. The minimum absolute atomic E-state index is 0.0948. The average molecular weight is 285 g/mol. The SMILES string of the molecule is CC1=CCCN=C1[C@H]1C[C@@H](O)C[C@@H](c2ncccc2C)N1. The van der Waals surface area contributed by atoms with Crippen molar-refractivity contribution in [3.05, 3.63) is 41.2 Å². The van der Waals surface area contributed by atoms with Crippen molar-refractivity contribution < 1.29 is 5.11 Å². The molecule has 0 spiro atoms. The first-order chi connectivity index (χ1) is 10.1. The van der Waals surface area contributed by atoms with Gasteiger partial charge in [-0.05, 0) is 50.3 Å². The number of aliphatic hydroxyl groups excluding tert-OH is 1. The summed E-state index contributed by atoms with van der Waals surface area (Å²) in [5.41, 5.74) is 4.56. The van der Waals surface area contributed by atoms with Crippen molar-refractivity contribution >= 4 is 5.71 Å². The molecular weight excluding hydrogens is 262 g/mol. The Morgan fingerprint density at radius 2 is 2.05 bits per heavy atom. The van der Waals surface area contributed by atoms with Gasteiger partial charge in [0.1, 0.15) is 0 Å². The van der Waals surface area contributed by atoms with E-state index in [2.05, 4.69) is 41.3 Å². The van der Waals surface area contributed by atoms with Gasteiger partial charge in [0.15, 0.2) is 0 Å². The number of aliphatic imine (C=N–C) groups is 1. The zero-order valence-corrected chi connectivity index (χ0v) is 12.7. The van der Waals surface area contributed by atoms with Crippen molar-refractivity contribution in [3.63, 3.8) is 0 Å². The Morgan fingerprint density at radius 3 is 2.81 bits per heavy atom. The van der Waals surface area contributed by atoms with Crippen molar-refractivity contribution in [2.45, 2.75) is 51.3 Å². The lowest BCUT2D eigenvalue weighted by Gasteiger charge is -2.36. The lowest BCUT2D eigenvalue weighted by molar-refractivity contribution is 0.105. The smallest absolute Gasteiger partial charge is 0.0603 e. The second-order valence-electron chi connectivity index (χ2n) is 6.05. The lowest BCUT2D eigenvalue weighted by atomic mass is 9.87. The highest BCUT2D eigenvalue weighted by atomic mass is 16.3. The Kier molecular flexibility index (Phi) is 4.17. The molecule has 1 saturated heterocycles. The van der Waals surface area contributed by atoms with Gasteiger partial charge in [-0.2, -0.15) is 0 Å². The molecular formula is C17H23N3O. The molecule has 1 fully saturated rings. The number of nitrogens with one attached hydrogen (secondary N) is 1. The molecule has 4 nitrogen and oxygen atoms in total. The van der Waals surface area contributed by atoms with Gasteiger partial charge in [0.05, 0.1) is 29.6 Å². The molecule has 0 amide bonds. The van der Waals surface area contributed by atoms with Gasteiger partial charge in [-0.1, -0.05) is 12.1 Å². The maximum Gasteiger partial charge on any atom is 0.0603 e. The van der Waals surface area contributed by atoms with E-state index in [1.165, 1.54) is 11.1 Å². The Hall–Kier alpha value is -1.52. The molecule has 0 aliphatic carbocycles. The third-order valence-corrected chi connectivity index (χ3v) is 4.39. The maximum atomic E-state index is 10.3. The number of aromatic nitrogens is 1. The summed E-state index contributed by atoms with van der Waals surface area (Å²) in [6.45, 7) is 5.04. The molecule has 0 bridgehead atoms. The molecule has 1 aromatic heterocycles. The van der Waals surface area contributed by atoms with E-state index in [4.69, 9.17) is 0 Å². The van der Waals surface area contributed by atoms with E-state index in [0.717, 1.165) is 30.8 Å². The summed E-state index contributed by atoms with van der Waals surface area (Å²) in [6, 6.07) is 4.24. The topological polar surface area (TPSA) is 57.5 Å². The fraction of sp³-hybridized carbons (Fsp3) is 0.529. The van der Waals surface area contributed by atoms with Gasteiger partial charge in [-0.25, -0.2) is 0 Å². The Balaban J connectivity index is 1.84. The second kappa shape index (κ2) is 6.08. The van der Waals surface area contributed by atoms with Crippen molar-refractivity contribution in [3.8, 4) is 0 Å². The quantitative estimate of drug-likeness (QED) is 0.877. The van der Waals surface area contributed by atoms with Crippen molar-refractivity contribution in [2.75, 3.05) is 6.54 Å². The van der Waals surface area contributed by atoms with Crippen molar-refractivity contribution in [1.29, 1.82) is 0 Å². The number of nitrogens with zero attached hydrogens (tertiary/aromatic N) is 2. The highest BCUT2D eigenvalue weighted by molar-refractivity contribution is 6.04. The van der Waals surface area contributed by atoms with Gasteiger partial charge in [-0.15, -0.1) is 0 Å². The van der Waals surface area contributed by atoms with E-state index < -0.39 is 0 Å². The number of aliphatic hydroxyl groups is 1. The minimum Gasteiger partial charge on any atom is -0.393 e. The molecule has 4 heteroatoms. The van der Waals surface area contributed by atoms with E-state index in [1.54, 1.807) is 0 Å². The summed E-state index contributed by atoms with van der Waals surface area (Å²) < 4.78 is 0. The molecule has 2 N–H and O–H groups in total. The zero-order valence-electron chi connectivity index (χ0n) is 12.7.